The molecule has 96 valence electrons. The second kappa shape index (κ2) is 4.71. The first-order valence-corrected chi connectivity index (χ1v) is 6.15. The van der Waals surface area contributed by atoms with Crippen molar-refractivity contribution in [3.05, 3.63) is 30.0 Å². The highest BCUT2D eigenvalue weighted by Crippen LogP contribution is 2.18. The van der Waals surface area contributed by atoms with Crippen molar-refractivity contribution in [1.82, 2.24) is 20.4 Å². The lowest BCUT2D eigenvalue weighted by Crippen LogP contribution is -2.53. The number of H-pyrrole nitrogens is 1. The van der Waals surface area contributed by atoms with Gasteiger partial charge >= 0.3 is 0 Å². The Morgan fingerprint density at radius 2 is 2.32 bits per heavy atom. The van der Waals surface area contributed by atoms with Gasteiger partial charge in [0.05, 0.1) is 11.6 Å². The summed E-state index contributed by atoms with van der Waals surface area (Å²) in [4.78, 5) is 14.1. The van der Waals surface area contributed by atoms with Crippen LogP contribution >= 0.6 is 0 Å². The summed E-state index contributed by atoms with van der Waals surface area (Å²) in [6.45, 7) is 1.73. The molecule has 1 aromatic carbocycles. The van der Waals surface area contributed by atoms with E-state index in [1.165, 1.54) is 0 Å². The Labute approximate surface area is 110 Å². The molecule has 6 nitrogen and oxygen atoms in total. The lowest BCUT2D eigenvalue weighted by atomic mass is 10.1. The zero-order chi connectivity index (χ0) is 13.2. The molecule has 2 N–H and O–H groups in total. The van der Waals surface area contributed by atoms with Crippen LogP contribution in [0.15, 0.2) is 24.3 Å². The van der Waals surface area contributed by atoms with Crippen LogP contribution in [0.4, 0.5) is 0 Å². The molecule has 1 aliphatic heterocycles. The van der Waals surface area contributed by atoms with Crippen LogP contribution in [-0.4, -0.2) is 46.7 Å². The van der Waals surface area contributed by atoms with E-state index in [2.05, 4.69) is 21.6 Å². The van der Waals surface area contributed by atoms with Crippen LogP contribution < -0.4 is 5.32 Å². The molecule has 1 aliphatic rings. The smallest absolute Gasteiger partial charge is 0.276 e. The highest BCUT2D eigenvalue weighted by Gasteiger charge is 2.29. The van der Waals surface area contributed by atoms with Crippen LogP contribution in [0.3, 0.4) is 0 Å². The average Bonchev–Trinajstić information content (AvgIpc) is 2.90. The number of hydrogen-bond acceptors (Lipinski definition) is 4. The third-order valence-corrected chi connectivity index (χ3v) is 3.33. The number of benzene rings is 1. The van der Waals surface area contributed by atoms with Gasteiger partial charge in [-0.05, 0) is 6.07 Å². The Bertz CT molecular complexity index is 656. The van der Waals surface area contributed by atoms with E-state index in [0.29, 0.717) is 25.3 Å². The van der Waals surface area contributed by atoms with Crippen molar-refractivity contribution in [2.24, 2.45) is 0 Å². The number of carbonyl (C=O) groups is 1. The number of nitriles is 1. The van der Waals surface area contributed by atoms with E-state index in [-0.39, 0.29) is 5.91 Å². The second-order valence-electron chi connectivity index (χ2n) is 4.47. The van der Waals surface area contributed by atoms with E-state index in [1.54, 1.807) is 4.90 Å². The first kappa shape index (κ1) is 11.7. The maximum Gasteiger partial charge on any atom is 0.276 e. The summed E-state index contributed by atoms with van der Waals surface area (Å²) in [5.41, 5.74) is 1.22. The topological polar surface area (TPSA) is 84.8 Å². The van der Waals surface area contributed by atoms with Crippen LogP contribution in [0, 0.1) is 11.3 Å². The number of hydrogen-bond donors (Lipinski definition) is 2. The van der Waals surface area contributed by atoms with Crippen molar-refractivity contribution in [3.63, 3.8) is 0 Å². The third kappa shape index (κ3) is 1.94. The minimum atomic E-state index is -0.434. The van der Waals surface area contributed by atoms with E-state index < -0.39 is 6.04 Å². The van der Waals surface area contributed by atoms with E-state index in [4.69, 9.17) is 5.26 Å². The lowest BCUT2D eigenvalue weighted by molar-refractivity contribution is 0.0683. The number of aromatic amines is 1. The zero-order valence-corrected chi connectivity index (χ0v) is 10.3. The summed E-state index contributed by atoms with van der Waals surface area (Å²) in [7, 11) is 0. The van der Waals surface area contributed by atoms with Crippen LogP contribution in [0.2, 0.25) is 0 Å². The van der Waals surface area contributed by atoms with Gasteiger partial charge in [-0.1, -0.05) is 18.2 Å². The third-order valence-electron chi connectivity index (χ3n) is 3.33. The molecule has 0 aliphatic carbocycles. The van der Waals surface area contributed by atoms with Gasteiger partial charge in [-0.3, -0.25) is 9.89 Å². The van der Waals surface area contributed by atoms with Gasteiger partial charge in [0.2, 0.25) is 0 Å². The van der Waals surface area contributed by atoms with Crippen molar-refractivity contribution in [2.75, 3.05) is 19.6 Å². The molecule has 1 unspecified atom stereocenters. The number of amides is 1. The number of aromatic nitrogens is 2. The molecule has 1 saturated heterocycles. The summed E-state index contributed by atoms with van der Waals surface area (Å²) in [6.07, 6.45) is 0. The molecule has 0 saturated carbocycles. The largest absolute Gasteiger partial charge is 0.319 e. The van der Waals surface area contributed by atoms with Crippen molar-refractivity contribution in [1.29, 1.82) is 5.26 Å². The minimum Gasteiger partial charge on any atom is -0.319 e. The first-order valence-electron chi connectivity index (χ1n) is 6.15. The Morgan fingerprint density at radius 1 is 1.47 bits per heavy atom. The summed E-state index contributed by atoms with van der Waals surface area (Å²) in [5, 5.41) is 19.9. The van der Waals surface area contributed by atoms with E-state index >= 15 is 0 Å². The Balaban J connectivity index is 1.97. The van der Waals surface area contributed by atoms with Gasteiger partial charge in [0, 0.05) is 25.0 Å². The molecular weight excluding hydrogens is 242 g/mol. The molecule has 2 aromatic rings. The number of nitrogens with zero attached hydrogens (tertiary/aromatic N) is 3. The van der Waals surface area contributed by atoms with Crippen LogP contribution in [0.1, 0.15) is 10.5 Å². The van der Waals surface area contributed by atoms with Crippen LogP contribution in [0.25, 0.3) is 10.9 Å². The highest BCUT2D eigenvalue weighted by atomic mass is 16.2. The fraction of sp³-hybridized carbons (Fsp3) is 0.308. The highest BCUT2D eigenvalue weighted by molar-refractivity contribution is 6.04. The molecule has 1 amide bonds. The first-order chi connectivity index (χ1) is 9.31. The van der Waals surface area contributed by atoms with Gasteiger partial charge in [-0.15, -0.1) is 0 Å². The van der Waals surface area contributed by atoms with E-state index in [0.717, 1.165) is 10.9 Å². The van der Waals surface area contributed by atoms with Gasteiger partial charge in [0.1, 0.15) is 6.04 Å². The molecule has 0 bridgehead atoms. The molecule has 0 radical (unpaired) electrons. The molecule has 0 spiro atoms. The van der Waals surface area contributed by atoms with Gasteiger partial charge < -0.3 is 10.2 Å². The predicted octanol–water partition coefficient (Wildman–Crippen LogP) is 0.500. The number of carbonyl (C=O) groups excluding carboxylic acids is 1. The predicted molar refractivity (Wildman–Crippen MR) is 69.4 cm³/mol. The molecule has 3 rings (SSSR count). The van der Waals surface area contributed by atoms with Gasteiger partial charge in [-0.25, -0.2) is 0 Å². The fourth-order valence-corrected chi connectivity index (χ4v) is 2.33. The molecule has 2 heterocycles. The molecular formula is C13H13N5O. The van der Waals surface area contributed by atoms with Gasteiger partial charge in [-0.2, -0.15) is 10.4 Å². The maximum atomic E-state index is 12.5. The number of rotatable bonds is 1. The van der Waals surface area contributed by atoms with Crippen molar-refractivity contribution >= 4 is 16.8 Å². The number of nitrogens with one attached hydrogen (secondary N) is 2. The van der Waals surface area contributed by atoms with Gasteiger partial charge in [0.15, 0.2) is 5.69 Å². The molecule has 1 atom stereocenters. The molecule has 6 heteroatoms. The lowest BCUT2D eigenvalue weighted by Gasteiger charge is -2.31. The van der Waals surface area contributed by atoms with Gasteiger partial charge in [0.25, 0.3) is 5.91 Å². The quantitative estimate of drug-likeness (QED) is 0.777. The Morgan fingerprint density at radius 3 is 3.16 bits per heavy atom. The number of piperazine rings is 1. The van der Waals surface area contributed by atoms with Crippen molar-refractivity contribution in [2.45, 2.75) is 6.04 Å². The Hall–Kier alpha value is -2.39. The number of fused-ring (bicyclic) bond motifs is 1. The molecule has 1 aromatic heterocycles. The summed E-state index contributed by atoms with van der Waals surface area (Å²) >= 11 is 0. The minimum absolute atomic E-state index is 0.189. The van der Waals surface area contributed by atoms with Crippen molar-refractivity contribution in [3.8, 4) is 6.07 Å². The van der Waals surface area contributed by atoms with E-state index in [1.807, 2.05) is 24.3 Å². The summed E-state index contributed by atoms with van der Waals surface area (Å²) < 4.78 is 0. The zero-order valence-electron chi connectivity index (χ0n) is 10.3. The molecule has 1 fully saturated rings. The maximum absolute atomic E-state index is 12.5. The van der Waals surface area contributed by atoms with Crippen LogP contribution in [-0.2, 0) is 0 Å². The fourth-order valence-electron chi connectivity index (χ4n) is 2.33. The van der Waals surface area contributed by atoms with Crippen molar-refractivity contribution < 1.29 is 4.79 Å². The molecule has 19 heavy (non-hydrogen) atoms. The Kier molecular flexibility index (Phi) is 2.89. The average molecular weight is 255 g/mol. The second-order valence-corrected chi connectivity index (χ2v) is 4.47. The van der Waals surface area contributed by atoms with E-state index in [9.17, 15) is 4.79 Å². The number of para-hydroxylation sites is 1. The standard InChI is InChI=1S/C13H13N5O/c14-7-9-8-15-5-6-18(9)13(19)12-10-3-1-2-4-11(10)16-17-12/h1-4,9,15H,5-6,8H2,(H,16,17). The summed E-state index contributed by atoms with van der Waals surface area (Å²) in [5.74, 6) is -0.189. The van der Waals surface area contributed by atoms with Crippen LogP contribution in [0.5, 0.6) is 0 Å². The SMILES string of the molecule is N#CC1CNCCN1C(=O)c1n[nH]c2ccccc12. The summed E-state index contributed by atoms with van der Waals surface area (Å²) in [6, 6.07) is 9.20. The normalized spacial score (nSPS) is 19.3. The monoisotopic (exact) mass is 255 g/mol.